The van der Waals surface area contributed by atoms with Crippen LogP contribution in [0.3, 0.4) is 0 Å². The zero-order valence-corrected chi connectivity index (χ0v) is 12.5. The predicted molar refractivity (Wildman–Crippen MR) is 84.3 cm³/mol. The molecule has 2 fully saturated rings. The summed E-state index contributed by atoms with van der Waals surface area (Å²) in [4.78, 5) is 12.7. The van der Waals surface area contributed by atoms with E-state index in [1.54, 1.807) is 6.20 Å². The van der Waals surface area contributed by atoms with Crippen LogP contribution in [0.1, 0.15) is 43.2 Å². The van der Waals surface area contributed by atoms with Crippen LogP contribution in [0.5, 0.6) is 11.8 Å². The van der Waals surface area contributed by atoms with Gasteiger partial charge in [0.15, 0.2) is 5.65 Å². The molecule has 0 atom stereocenters. The average molecular weight is 308 g/mol. The molecular formula is C16H16N6O. The second kappa shape index (κ2) is 4.65. The molecule has 2 aliphatic carbocycles. The zero-order valence-electron chi connectivity index (χ0n) is 12.5. The SMILES string of the molecule is Nc1ncnc2c1c(Oc1cc(C3CC3)ccn1)nn2C1CC1. The zero-order chi connectivity index (χ0) is 15.4. The Morgan fingerprint density at radius 3 is 2.78 bits per heavy atom. The molecule has 7 nitrogen and oxygen atoms in total. The van der Waals surface area contributed by atoms with Gasteiger partial charge < -0.3 is 10.5 Å². The molecule has 0 spiro atoms. The molecule has 3 aromatic rings. The number of anilines is 1. The molecule has 3 heterocycles. The molecule has 0 saturated heterocycles. The van der Waals surface area contributed by atoms with Crippen LogP contribution >= 0.6 is 0 Å². The summed E-state index contributed by atoms with van der Waals surface area (Å²) in [5, 5.41) is 5.23. The van der Waals surface area contributed by atoms with Gasteiger partial charge in [-0.1, -0.05) is 0 Å². The minimum Gasteiger partial charge on any atom is -0.418 e. The number of ether oxygens (including phenoxy) is 1. The first-order valence-electron chi connectivity index (χ1n) is 7.92. The average Bonchev–Trinajstić information content (AvgIpc) is 3.46. The highest BCUT2D eigenvalue weighted by Crippen LogP contribution is 2.42. The number of nitrogen functional groups attached to an aromatic ring is 1. The Balaban J connectivity index is 1.58. The lowest BCUT2D eigenvalue weighted by molar-refractivity contribution is 0.435. The van der Waals surface area contributed by atoms with Gasteiger partial charge in [-0.2, -0.15) is 0 Å². The van der Waals surface area contributed by atoms with E-state index in [4.69, 9.17) is 10.5 Å². The molecule has 0 bridgehead atoms. The lowest BCUT2D eigenvalue weighted by Gasteiger charge is -2.04. The number of nitrogens with two attached hydrogens (primary N) is 1. The molecule has 0 radical (unpaired) electrons. The largest absolute Gasteiger partial charge is 0.418 e. The Morgan fingerprint density at radius 1 is 1.13 bits per heavy atom. The molecule has 23 heavy (non-hydrogen) atoms. The van der Waals surface area contributed by atoms with Gasteiger partial charge in [-0.3, -0.25) is 0 Å². The Kier molecular flexibility index (Phi) is 2.59. The van der Waals surface area contributed by atoms with E-state index in [0.29, 0.717) is 34.9 Å². The van der Waals surface area contributed by atoms with Crippen molar-refractivity contribution in [3.8, 4) is 11.8 Å². The first-order chi connectivity index (χ1) is 11.3. The van der Waals surface area contributed by atoms with Gasteiger partial charge in [0.05, 0.1) is 6.04 Å². The number of rotatable bonds is 4. The van der Waals surface area contributed by atoms with Gasteiger partial charge in [0.2, 0.25) is 5.88 Å². The molecule has 2 aliphatic rings. The van der Waals surface area contributed by atoms with Crippen molar-refractivity contribution < 1.29 is 4.74 Å². The van der Waals surface area contributed by atoms with E-state index < -0.39 is 0 Å². The molecule has 0 amide bonds. The fourth-order valence-electron chi connectivity index (χ4n) is 2.86. The standard InChI is InChI=1S/C16H16N6O/c17-14-13-15(20-8-19-14)22(11-3-4-11)21-16(13)23-12-7-10(5-6-18-12)9-1-2-9/h5-9,11H,1-4H2,(H2,17,19,20). The van der Waals surface area contributed by atoms with Crippen LogP contribution in [0, 0.1) is 0 Å². The lowest BCUT2D eigenvalue weighted by Crippen LogP contribution is -1.98. The molecular weight excluding hydrogens is 292 g/mol. The van der Waals surface area contributed by atoms with Crippen molar-refractivity contribution in [2.45, 2.75) is 37.6 Å². The third kappa shape index (κ3) is 2.19. The van der Waals surface area contributed by atoms with Crippen molar-refractivity contribution in [2.24, 2.45) is 0 Å². The minimum atomic E-state index is 0.384. The fourth-order valence-corrected chi connectivity index (χ4v) is 2.86. The summed E-state index contributed by atoms with van der Waals surface area (Å²) < 4.78 is 7.84. The van der Waals surface area contributed by atoms with E-state index in [0.717, 1.165) is 18.5 Å². The maximum absolute atomic E-state index is 6.03. The Hall–Kier alpha value is -2.70. The third-order valence-electron chi connectivity index (χ3n) is 4.39. The Morgan fingerprint density at radius 2 is 2.00 bits per heavy atom. The van der Waals surface area contributed by atoms with E-state index in [2.05, 4.69) is 20.1 Å². The van der Waals surface area contributed by atoms with E-state index in [9.17, 15) is 0 Å². The number of hydrogen-bond donors (Lipinski definition) is 1. The number of fused-ring (bicyclic) bond motifs is 1. The number of pyridine rings is 1. The molecule has 116 valence electrons. The van der Waals surface area contributed by atoms with E-state index in [-0.39, 0.29) is 0 Å². The van der Waals surface area contributed by atoms with Crippen molar-refractivity contribution >= 4 is 16.9 Å². The van der Waals surface area contributed by atoms with Crippen LogP contribution in [0.2, 0.25) is 0 Å². The van der Waals surface area contributed by atoms with Gasteiger partial charge >= 0.3 is 0 Å². The van der Waals surface area contributed by atoms with Crippen molar-refractivity contribution in [1.29, 1.82) is 0 Å². The topological polar surface area (TPSA) is 91.7 Å². The Labute approximate surface area is 132 Å². The number of hydrogen-bond acceptors (Lipinski definition) is 6. The quantitative estimate of drug-likeness (QED) is 0.796. The summed E-state index contributed by atoms with van der Waals surface area (Å²) in [7, 11) is 0. The van der Waals surface area contributed by atoms with Crippen LogP contribution in [0.15, 0.2) is 24.7 Å². The third-order valence-corrected chi connectivity index (χ3v) is 4.39. The second-order valence-corrected chi connectivity index (χ2v) is 6.24. The first kappa shape index (κ1) is 12.8. The van der Waals surface area contributed by atoms with Crippen molar-refractivity contribution in [1.82, 2.24) is 24.7 Å². The highest BCUT2D eigenvalue weighted by Gasteiger charge is 2.30. The van der Waals surface area contributed by atoms with Crippen LogP contribution in [-0.4, -0.2) is 24.7 Å². The molecule has 7 heteroatoms. The van der Waals surface area contributed by atoms with Gasteiger partial charge in [-0.05, 0) is 43.2 Å². The van der Waals surface area contributed by atoms with Gasteiger partial charge in [-0.25, -0.2) is 19.6 Å². The van der Waals surface area contributed by atoms with Crippen LogP contribution in [0.4, 0.5) is 5.82 Å². The molecule has 0 aliphatic heterocycles. The first-order valence-corrected chi connectivity index (χ1v) is 7.92. The molecule has 0 aromatic carbocycles. The molecule has 5 rings (SSSR count). The van der Waals surface area contributed by atoms with E-state index in [1.807, 2.05) is 16.8 Å². The van der Waals surface area contributed by atoms with Crippen molar-refractivity contribution in [2.75, 3.05) is 5.73 Å². The van der Waals surface area contributed by atoms with Crippen molar-refractivity contribution in [3.63, 3.8) is 0 Å². The van der Waals surface area contributed by atoms with Gasteiger partial charge in [0.1, 0.15) is 17.5 Å². The summed E-state index contributed by atoms with van der Waals surface area (Å²) in [6.07, 6.45) is 7.94. The summed E-state index contributed by atoms with van der Waals surface area (Å²) in [5.74, 6) is 2.01. The van der Waals surface area contributed by atoms with Crippen LogP contribution < -0.4 is 10.5 Å². The normalized spacial score (nSPS) is 17.6. The highest BCUT2D eigenvalue weighted by atomic mass is 16.5. The van der Waals surface area contributed by atoms with E-state index in [1.165, 1.54) is 24.7 Å². The molecule has 2 N–H and O–H groups in total. The van der Waals surface area contributed by atoms with Gasteiger partial charge in [0, 0.05) is 12.3 Å². The summed E-state index contributed by atoms with van der Waals surface area (Å²) in [6, 6.07) is 4.41. The van der Waals surface area contributed by atoms with Crippen LogP contribution in [-0.2, 0) is 0 Å². The van der Waals surface area contributed by atoms with Crippen molar-refractivity contribution in [3.05, 3.63) is 30.2 Å². The predicted octanol–water partition coefficient (Wildman–Crippen LogP) is 2.81. The Bertz CT molecular complexity index is 897. The van der Waals surface area contributed by atoms with Gasteiger partial charge in [0.25, 0.3) is 5.88 Å². The fraction of sp³-hybridized carbons (Fsp3) is 0.375. The maximum atomic E-state index is 6.03. The summed E-state index contributed by atoms with van der Waals surface area (Å²) in [6.45, 7) is 0. The highest BCUT2D eigenvalue weighted by molar-refractivity contribution is 5.90. The maximum Gasteiger partial charge on any atom is 0.253 e. The number of nitrogens with zero attached hydrogens (tertiary/aromatic N) is 5. The molecule has 2 saturated carbocycles. The molecule has 3 aromatic heterocycles. The number of aromatic nitrogens is 5. The summed E-state index contributed by atoms with van der Waals surface area (Å²) >= 11 is 0. The van der Waals surface area contributed by atoms with E-state index >= 15 is 0 Å². The lowest BCUT2D eigenvalue weighted by atomic mass is 10.2. The van der Waals surface area contributed by atoms with Gasteiger partial charge in [-0.15, -0.1) is 5.10 Å². The molecule has 0 unspecified atom stereocenters. The van der Waals surface area contributed by atoms with Crippen LogP contribution in [0.25, 0.3) is 11.0 Å². The smallest absolute Gasteiger partial charge is 0.253 e. The monoisotopic (exact) mass is 308 g/mol. The minimum absolute atomic E-state index is 0.384. The summed E-state index contributed by atoms with van der Waals surface area (Å²) in [5.41, 5.74) is 8.03. The second-order valence-electron chi connectivity index (χ2n) is 6.24.